The molecule has 29 heavy (non-hydrogen) atoms. The van der Waals surface area contributed by atoms with Gasteiger partial charge in [0.25, 0.3) is 15.9 Å². The summed E-state index contributed by atoms with van der Waals surface area (Å²) in [6, 6.07) is 16.7. The molecule has 5 nitrogen and oxygen atoms in total. The molecule has 0 radical (unpaired) electrons. The van der Waals surface area contributed by atoms with Gasteiger partial charge in [-0.2, -0.15) is 0 Å². The average Bonchev–Trinajstić information content (AvgIpc) is 2.66. The Labute approximate surface area is 175 Å². The third kappa shape index (κ3) is 4.78. The van der Waals surface area contributed by atoms with E-state index in [1.54, 1.807) is 61.5 Å². The van der Waals surface area contributed by atoms with Crippen molar-refractivity contribution in [3.8, 4) is 0 Å². The molecule has 3 rings (SSSR count). The van der Waals surface area contributed by atoms with Crippen LogP contribution in [-0.4, -0.2) is 14.3 Å². The molecule has 0 unspecified atom stereocenters. The molecule has 3 aromatic rings. The second-order valence-electron chi connectivity index (χ2n) is 6.81. The number of nitrogens with one attached hydrogen (secondary N) is 2. The van der Waals surface area contributed by atoms with E-state index in [4.69, 9.17) is 11.6 Å². The Hall–Kier alpha value is -2.83. The molecule has 1 amide bonds. The van der Waals surface area contributed by atoms with Gasteiger partial charge in [-0.25, -0.2) is 8.42 Å². The van der Waals surface area contributed by atoms with E-state index in [1.165, 1.54) is 0 Å². The summed E-state index contributed by atoms with van der Waals surface area (Å²) in [5.74, 6) is -0.348. The van der Waals surface area contributed by atoms with Crippen molar-refractivity contribution in [2.45, 2.75) is 25.7 Å². The molecule has 0 saturated heterocycles. The van der Waals surface area contributed by atoms with Crippen LogP contribution in [0.1, 0.15) is 27.0 Å². The quantitative estimate of drug-likeness (QED) is 0.577. The van der Waals surface area contributed by atoms with Gasteiger partial charge >= 0.3 is 0 Å². The zero-order valence-electron chi connectivity index (χ0n) is 16.3. The normalized spacial score (nSPS) is 11.2. The topological polar surface area (TPSA) is 75.3 Å². The SMILES string of the molecule is Cc1ccc(S(=O)(=O)Nc2cccc(C(=O)Nc3ccc(C)c(Cl)c3)c2C)cc1. The number of halogens is 1. The predicted molar refractivity (Wildman–Crippen MR) is 117 cm³/mol. The lowest BCUT2D eigenvalue weighted by atomic mass is 10.1. The van der Waals surface area contributed by atoms with Crippen LogP contribution in [0.25, 0.3) is 0 Å². The van der Waals surface area contributed by atoms with Gasteiger partial charge in [0.15, 0.2) is 0 Å². The van der Waals surface area contributed by atoms with Crippen LogP contribution in [0.5, 0.6) is 0 Å². The Morgan fingerprint density at radius 3 is 2.28 bits per heavy atom. The molecular weight excluding hydrogens is 408 g/mol. The van der Waals surface area contributed by atoms with E-state index < -0.39 is 10.0 Å². The second-order valence-corrected chi connectivity index (χ2v) is 8.90. The van der Waals surface area contributed by atoms with E-state index >= 15 is 0 Å². The minimum Gasteiger partial charge on any atom is -0.322 e. The van der Waals surface area contributed by atoms with E-state index in [9.17, 15) is 13.2 Å². The van der Waals surface area contributed by atoms with E-state index in [2.05, 4.69) is 10.0 Å². The van der Waals surface area contributed by atoms with Crippen molar-refractivity contribution in [1.82, 2.24) is 0 Å². The van der Waals surface area contributed by atoms with Crippen molar-refractivity contribution in [3.05, 3.63) is 87.9 Å². The van der Waals surface area contributed by atoms with E-state index in [1.807, 2.05) is 19.9 Å². The summed E-state index contributed by atoms with van der Waals surface area (Å²) < 4.78 is 27.9. The summed E-state index contributed by atoms with van der Waals surface area (Å²) >= 11 is 6.11. The molecule has 0 spiro atoms. The van der Waals surface area contributed by atoms with Crippen LogP contribution in [0.15, 0.2) is 65.6 Å². The summed E-state index contributed by atoms with van der Waals surface area (Å²) in [6.07, 6.45) is 0. The van der Waals surface area contributed by atoms with Crippen LogP contribution < -0.4 is 10.0 Å². The van der Waals surface area contributed by atoms with Crippen LogP contribution >= 0.6 is 11.6 Å². The number of carbonyl (C=O) groups is 1. The van der Waals surface area contributed by atoms with Crippen LogP contribution in [0.3, 0.4) is 0 Å². The standard InChI is InChI=1S/C22H21ClN2O3S/c1-14-7-11-18(12-8-14)29(27,28)25-21-6-4-5-19(16(21)3)22(26)24-17-10-9-15(2)20(23)13-17/h4-13,25H,1-3H3,(H,24,26). The fourth-order valence-corrected chi connectivity index (χ4v) is 4.09. The number of carbonyl (C=O) groups excluding carboxylic acids is 1. The lowest BCUT2D eigenvalue weighted by Crippen LogP contribution is -2.17. The molecule has 2 N–H and O–H groups in total. The van der Waals surface area contributed by atoms with E-state index in [0.29, 0.717) is 27.5 Å². The first-order valence-electron chi connectivity index (χ1n) is 8.94. The minimum atomic E-state index is -3.76. The summed E-state index contributed by atoms with van der Waals surface area (Å²) in [5, 5.41) is 3.35. The molecule has 150 valence electrons. The average molecular weight is 429 g/mol. The van der Waals surface area contributed by atoms with Crippen LogP contribution in [-0.2, 0) is 10.0 Å². The van der Waals surface area contributed by atoms with Crippen molar-refractivity contribution in [1.29, 1.82) is 0 Å². The molecule has 0 aliphatic carbocycles. The first kappa shape index (κ1) is 20.9. The number of rotatable bonds is 5. The number of sulfonamides is 1. The number of benzene rings is 3. The molecule has 0 aromatic heterocycles. The zero-order chi connectivity index (χ0) is 21.2. The Balaban J connectivity index is 1.86. The highest BCUT2D eigenvalue weighted by molar-refractivity contribution is 7.92. The molecule has 0 bridgehead atoms. The molecule has 0 aliphatic heterocycles. The second kappa shape index (κ2) is 8.27. The molecule has 0 heterocycles. The van der Waals surface area contributed by atoms with Gasteiger partial charge < -0.3 is 5.32 Å². The van der Waals surface area contributed by atoms with Gasteiger partial charge in [0.2, 0.25) is 0 Å². The Kier molecular flexibility index (Phi) is 5.96. The highest BCUT2D eigenvalue weighted by Gasteiger charge is 2.18. The lowest BCUT2D eigenvalue weighted by Gasteiger charge is -2.14. The van der Waals surface area contributed by atoms with Crippen LogP contribution in [0.2, 0.25) is 5.02 Å². The maximum Gasteiger partial charge on any atom is 0.261 e. The maximum absolute atomic E-state index is 12.7. The molecule has 0 fully saturated rings. The number of hydrogen-bond donors (Lipinski definition) is 2. The van der Waals surface area contributed by atoms with Gasteiger partial charge in [-0.3, -0.25) is 9.52 Å². The third-order valence-corrected chi connectivity index (χ3v) is 6.37. The molecule has 0 saturated carbocycles. The van der Waals surface area contributed by atoms with Crippen LogP contribution in [0.4, 0.5) is 11.4 Å². The smallest absolute Gasteiger partial charge is 0.261 e. The number of aryl methyl sites for hydroxylation is 2. The summed E-state index contributed by atoms with van der Waals surface area (Å²) in [5.41, 5.74) is 3.68. The van der Waals surface area contributed by atoms with Gasteiger partial charge in [-0.1, -0.05) is 41.4 Å². The predicted octanol–water partition coefficient (Wildman–Crippen LogP) is 5.32. The van der Waals surface area contributed by atoms with Crippen molar-refractivity contribution in [3.63, 3.8) is 0 Å². The van der Waals surface area contributed by atoms with Gasteiger partial charge in [0.1, 0.15) is 0 Å². The third-order valence-electron chi connectivity index (χ3n) is 4.58. The largest absolute Gasteiger partial charge is 0.322 e. The zero-order valence-corrected chi connectivity index (χ0v) is 17.9. The summed E-state index contributed by atoms with van der Waals surface area (Å²) in [7, 11) is -3.76. The lowest BCUT2D eigenvalue weighted by molar-refractivity contribution is 0.102. The first-order chi connectivity index (χ1) is 13.7. The van der Waals surface area contributed by atoms with Crippen molar-refractivity contribution in [2.75, 3.05) is 10.0 Å². The van der Waals surface area contributed by atoms with Crippen molar-refractivity contribution in [2.24, 2.45) is 0 Å². The van der Waals surface area contributed by atoms with Gasteiger partial charge in [-0.15, -0.1) is 0 Å². The first-order valence-corrected chi connectivity index (χ1v) is 10.8. The number of anilines is 2. The van der Waals surface area contributed by atoms with Crippen molar-refractivity contribution >= 4 is 38.9 Å². The van der Waals surface area contributed by atoms with Gasteiger partial charge in [0, 0.05) is 16.3 Å². The molecule has 0 aliphatic rings. The molecule has 3 aromatic carbocycles. The Morgan fingerprint density at radius 1 is 0.931 bits per heavy atom. The number of hydrogen-bond acceptors (Lipinski definition) is 3. The molecule has 0 atom stereocenters. The Bertz CT molecular complexity index is 1170. The summed E-state index contributed by atoms with van der Waals surface area (Å²) in [6.45, 7) is 5.46. The minimum absolute atomic E-state index is 0.159. The summed E-state index contributed by atoms with van der Waals surface area (Å²) in [4.78, 5) is 12.9. The highest BCUT2D eigenvalue weighted by Crippen LogP contribution is 2.25. The van der Waals surface area contributed by atoms with Gasteiger partial charge in [-0.05, 0) is 68.3 Å². The maximum atomic E-state index is 12.7. The Morgan fingerprint density at radius 2 is 1.62 bits per heavy atom. The highest BCUT2D eigenvalue weighted by atomic mass is 35.5. The molecular formula is C22H21ClN2O3S. The molecule has 7 heteroatoms. The fraction of sp³-hybridized carbons (Fsp3) is 0.136. The van der Waals surface area contributed by atoms with Crippen molar-refractivity contribution < 1.29 is 13.2 Å². The van der Waals surface area contributed by atoms with E-state index in [-0.39, 0.29) is 10.8 Å². The van der Waals surface area contributed by atoms with E-state index in [0.717, 1.165) is 11.1 Å². The van der Waals surface area contributed by atoms with Gasteiger partial charge in [0.05, 0.1) is 10.6 Å². The van der Waals surface area contributed by atoms with Crippen LogP contribution in [0, 0.1) is 20.8 Å². The monoisotopic (exact) mass is 428 g/mol. The number of amides is 1. The fourth-order valence-electron chi connectivity index (χ4n) is 2.78.